The molecule has 0 spiro atoms. The molecule has 17 heavy (non-hydrogen) atoms. The summed E-state index contributed by atoms with van der Waals surface area (Å²) in [7, 11) is 0. The molecule has 2 N–H and O–H groups in total. The normalized spacial score (nSPS) is 12.5. The molecular formula is C10H13Cl2N3O2. The van der Waals surface area contributed by atoms with Gasteiger partial charge in [-0.25, -0.2) is 4.98 Å². The van der Waals surface area contributed by atoms with Crippen molar-refractivity contribution in [3.63, 3.8) is 0 Å². The van der Waals surface area contributed by atoms with Crippen molar-refractivity contribution in [2.24, 2.45) is 5.92 Å². The van der Waals surface area contributed by atoms with Crippen LogP contribution in [-0.2, 0) is 4.79 Å². The molecule has 1 aromatic heterocycles. The second-order valence-corrected chi connectivity index (χ2v) is 4.67. The van der Waals surface area contributed by atoms with Gasteiger partial charge in [0.05, 0.1) is 12.6 Å². The third-order valence-corrected chi connectivity index (χ3v) is 2.69. The van der Waals surface area contributed by atoms with Crippen LogP contribution in [0.25, 0.3) is 0 Å². The number of hydrogen-bond donors (Lipinski definition) is 2. The van der Waals surface area contributed by atoms with Gasteiger partial charge in [-0.1, -0.05) is 25.4 Å². The lowest BCUT2D eigenvalue weighted by Crippen LogP contribution is -2.29. The average Bonchev–Trinajstić information content (AvgIpc) is 2.21. The summed E-state index contributed by atoms with van der Waals surface area (Å²) in [6.45, 7) is 3.83. The molecule has 0 amide bonds. The highest BCUT2D eigenvalue weighted by Crippen LogP contribution is 2.22. The van der Waals surface area contributed by atoms with E-state index in [1.807, 2.05) is 13.8 Å². The molecular weight excluding hydrogens is 265 g/mol. The van der Waals surface area contributed by atoms with Crippen LogP contribution in [0.5, 0.6) is 0 Å². The van der Waals surface area contributed by atoms with Crippen LogP contribution in [0.3, 0.4) is 0 Å². The van der Waals surface area contributed by atoms with Gasteiger partial charge in [0.25, 0.3) is 0 Å². The van der Waals surface area contributed by atoms with Crippen molar-refractivity contribution >= 4 is 35.0 Å². The van der Waals surface area contributed by atoms with Crippen molar-refractivity contribution in [2.45, 2.75) is 26.3 Å². The van der Waals surface area contributed by atoms with Gasteiger partial charge >= 0.3 is 5.97 Å². The van der Waals surface area contributed by atoms with Crippen molar-refractivity contribution in [3.05, 3.63) is 16.5 Å². The Labute approximate surface area is 109 Å². The molecule has 0 saturated heterocycles. The smallest absolute Gasteiger partial charge is 0.305 e. The summed E-state index contributed by atoms with van der Waals surface area (Å²) in [5.41, 5.74) is 0. The highest BCUT2D eigenvalue weighted by atomic mass is 35.5. The van der Waals surface area contributed by atoms with Crippen LogP contribution in [0.1, 0.15) is 20.3 Å². The maximum Gasteiger partial charge on any atom is 0.305 e. The van der Waals surface area contributed by atoms with Crippen LogP contribution in [0.2, 0.25) is 10.3 Å². The summed E-state index contributed by atoms with van der Waals surface area (Å²) >= 11 is 11.5. The van der Waals surface area contributed by atoms with E-state index in [9.17, 15) is 4.79 Å². The number of carbonyl (C=O) groups is 1. The fourth-order valence-electron chi connectivity index (χ4n) is 1.26. The molecule has 0 aromatic carbocycles. The van der Waals surface area contributed by atoms with E-state index in [0.29, 0.717) is 10.8 Å². The molecule has 0 aliphatic rings. The molecule has 1 unspecified atom stereocenters. The maximum absolute atomic E-state index is 10.7. The van der Waals surface area contributed by atoms with Crippen molar-refractivity contribution in [3.8, 4) is 0 Å². The van der Waals surface area contributed by atoms with Crippen LogP contribution in [0.4, 0.5) is 5.82 Å². The Hall–Kier alpha value is -1.07. The van der Waals surface area contributed by atoms with E-state index in [1.165, 1.54) is 6.20 Å². The van der Waals surface area contributed by atoms with E-state index in [-0.39, 0.29) is 23.7 Å². The first-order chi connectivity index (χ1) is 7.90. The van der Waals surface area contributed by atoms with Gasteiger partial charge in [0.2, 0.25) is 5.28 Å². The Morgan fingerprint density at radius 1 is 1.53 bits per heavy atom. The van der Waals surface area contributed by atoms with Crippen molar-refractivity contribution < 1.29 is 9.90 Å². The lowest BCUT2D eigenvalue weighted by atomic mass is 10.0. The lowest BCUT2D eigenvalue weighted by molar-refractivity contribution is -0.137. The van der Waals surface area contributed by atoms with E-state index in [2.05, 4.69) is 15.3 Å². The van der Waals surface area contributed by atoms with Gasteiger partial charge in [0.15, 0.2) is 0 Å². The summed E-state index contributed by atoms with van der Waals surface area (Å²) in [4.78, 5) is 18.4. The lowest BCUT2D eigenvalue weighted by Gasteiger charge is -2.21. The Balaban J connectivity index is 2.85. The number of aliphatic carboxylic acids is 1. The van der Waals surface area contributed by atoms with E-state index in [4.69, 9.17) is 28.3 Å². The van der Waals surface area contributed by atoms with Crippen molar-refractivity contribution in [1.82, 2.24) is 9.97 Å². The predicted octanol–water partition coefficient (Wildman–Crippen LogP) is 2.69. The first kappa shape index (κ1) is 14.0. The predicted molar refractivity (Wildman–Crippen MR) is 66.6 cm³/mol. The summed E-state index contributed by atoms with van der Waals surface area (Å²) in [5, 5.41) is 12.1. The minimum atomic E-state index is -0.882. The van der Waals surface area contributed by atoms with Gasteiger partial charge < -0.3 is 10.4 Å². The summed E-state index contributed by atoms with van der Waals surface area (Å²) in [6, 6.07) is -0.268. The van der Waals surface area contributed by atoms with Gasteiger partial charge in [-0.2, -0.15) is 4.98 Å². The zero-order chi connectivity index (χ0) is 13.0. The Morgan fingerprint density at radius 3 is 2.71 bits per heavy atom. The quantitative estimate of drug-likeness (QED) is 0.810. The third-order valence-electron chi connectivity index (χ3n) is 2.24. The number of nitrogens with one attached hydrogen (secondary N) is 1. The van der Waals surface area contributed by atoms with E-state index in [0.717, 1.165) is 0 Å². The molecule has 5 nitrogen and oxygen atoms in total. The largest absolute Gasteiger partial charge is 0.481 e. The molecule has 1 aromatic rings. The fraction of sp³-hybridized carbons (Fsp3) is 0.500. The zero-order valence-electron chi connectivity index (χ0n) is 9.44. The second kappa shape index (κ2) is 6.02. The van der Waals surface area contributed by atoms with Crippen LogP contribution in [0.15, 0.2) is 6.20 Å². The fourth-order valence-corrected chi connectivity index (χ4v) is 1.54. The number of rotatable bonds is 5. The second-order valence-electron chi connectivity index (χ2n) is 3.93. The number of hydrogen-bond acceptors (Lipinski definition) is 4. The number of anilines is 1. The molecule has 0 aliphatic carbocycles. The molecule has 7 heteroatoms. The SMILES string of the molecule is CC(C)C(CC(=O)O)Nc1nc(Cl)ncc1Cl. The first-order valence-corrected chi connectivity index (χ1v) is 5.82. The summed E-state index contributed by atoms with van der Waals surface area (Å²) < 4.78 is 0. The van der Waals surface area contributed by atoms with Crippen molar-refractivity contribution in [1.29, 1.82) is 0 Å². The van der Waals surface area contributed by atoms with Gasteiger partial charge in [-0.15, -0.1) is 0 Å². The minimum Gasteiger partial charge on any atom is -0.481 e. The number of carboxylic acid groups (broad SMARTS) is 1. The van der Waals surface area contributed by atoms with Crippen LogP contribution in [-0.4, -0.2) is 27.1 Å². The number of aromatic nitrogens is 2. The molecule has 0 saturated carbocycles. The van der Waals surface area contributed by atoms with Gasteiger partial charge in [-0.3, -0.25) is 4.79 Å². The van der Waals surface area contributed by atoms with Gasteiger partial charge in [0, 0.05) is 6.04 Å². The molecule has 0 fully saturated rings. The minimum absolute atomic E-state index is 0.0182. The molecule has 1 rings (SSSR count). The number of halogens is 2. The molecule has 0 aliphatic heterocycles. The monoisotopic (exact) mass is 277 g/mol. The summed E-state index contributed by atoms with van der Waals surface area (Å²) in [5.74, 6) is -0.407. The standard InChI is InChI=1S/C10H13Cl2N3O2/c1-5(2)7(3-8(16)17)14-9-6(11)4-13-10(12)15-9/h4-5,7H,3H2,1-2H3,(H,16,17)(H,13,14,15). The molecule has 1 atom stereocenters. The zero-order valence-corrected chi connectivity index (χ0v) is 11.0. The van der Waals surface area contributed by atoms with Crippen molar-refractivity contribution in [2.75, 3.05) is 5.32 Å². The topological polar surface area (TPSA) is 75.1 Å². The molecule has 0 bridgehead atoms. The van der Waals surface area contributed by atoms with Gasteiger partial charge in [0.1, 0.15) is 10.8 Å². The highest BCUT2D eigenvalue weighted by molar-refractivity contribution is 6.33. The number of carboxylic acids is 1. The third kappa shape index (κ3) is 4.36. The van der Waals surface area contributed by atoms with Crippen LogP contribution >= 0.6 is 23.2 Å². The Morgan fingerprint density at radius 2 is 2.18 bits per heavy atom. The Kier molecular flexibility index (Phi) is 4.96. The average molecular weight is 278 g/mol. The van der Waals surface area contributed by atoms with E-state index < -0.39 is 5.97 Å². The van der Waals surface area contributed by atoms with Gasteiger partial charge in [-0.05, 0) is 17.5 Å². The van der Waals surface area contributed by atoms with Crippen LogP contribution < -0.4 is 5.32 Å². The van der Waals surface area contributed by atoms with Crippen LogP contribution in [0, 0.1) is 5.92 Å². The molecule has 0 radical (unpaired) electrons. The summed E-state index contributed by atoms with van der Waals surface area (Å²) in [6.07, 6.45) is 1.35. The Bertz CT molecular complexity index is 413. The maximum atomic E-state index is 10.7. The molecule has 1 heterocycles. The van der Waals surface area contributed by atoms with E-state index >= 15 is 0 Å². The molecule has 94 valence electrons. The highest BCUT2D eigenvalue weighted by Gasteiger charge is 2.18. The number of nitrogens with zero attached hydrogens (tertiary/aromatic N) is 2. The van der Waals surface area contributed by atoms with E-state index in [1.54, 1.807) is 0 Å². The first-order valence-electron chi connectivity index (χ1n) is 5.06.